The molecule has 0 aliphatic carbocycles. The number of amides is 1. The van der Waals surface area contributed by atoms with Gasteiger partial charge in [-0.05, 0) is 24.3 Å². The topological polar surface area (TPSA) is 66.9 Å². The highest BCUT2D eigenvalue weighted by molar-refractivity contribution is 8.01. The number of hydrogen-bond acceptors (Lipinski definition) is 6. The molecule has 0 atom stereocenters. The number of carbonyl (C=O) groups is 1. The minimum Gasteiger partial charge on any atom is -0.357 e. The van der Waals surface area contributed by atoms with Gasteiger partial charge in [0.15, 0.2) is 4.34 Å². The number of hydrogen-bond donors (Lipinski definition) is 2. The molecule has 5 nitrogen and oxygen atoms in total. The lowest BCUT2D eigenvalue weighted by Gasteiger charge is -2.03. The summed E-state index contributed by atoms with van der Waals surface area (Å²) < 4.78 is 0.743. The molecule has 2 N–H and O–H groups in total. The van der Waals surface area contributed by atoms with Crippen LogP contribution in [0.15, 0.2) is 41.3 Å². The molecule has 0 unspecified atom stereocenters. The van der Waals surface area contributed by atoms with Gasteiger partial charge in [0.2, 0.25) is 11.0 Å². The molecule has 1 aromatic heterocycles. The second kappa shape index (κ2) is 8.02. The highest BCUT2D eigenvalue weighted by Gasteiger charge is 2.08. The smallest absolute Gasteiger partial charge is 0.234 e. The van der Waals surface area contributed by atoms with Crippen LogP contribution >= 0.6 is 34.7 Å². The van der Waals surface area contributed by atoms with E-state index in [4.69, 9.17) is 11.6 Å². The van der Waals surface area contributed by atoms with Gasteiger partial charge in [0.05, 0.1) is 5.75 Å². The fourth-order valence-corrected chi connectivity index (χ4v) is 3.04. The van der Waals surface area contributed by atoms with Crippen LogP contribution in [-0.4, -0.2) is 28.4 Å². The molecule has 0 saturated carbocycles. The number of halogens is 1. The third kappa shape index (κ3) is 5.37. The number of nitrogens with one attached hydrogen (secondary N) is 2. The molecule has 1 aromatic carbocycles. The Morgan fingerprint density at radius 3 is 2.86 bits per heavy atom. The summed E-state index contributed by atoms with van der Waals surface area (Å²) in [4.78, 5) is 11.8. The molecule has 0 radical (unpaired) electrons. The summed E-state index contributed by atoms with van der Waals surface area (Å²) in [6.45, 7) is 4.25. The van der Waals surface area contributed by atoms with Crippen molar-refractivity contribution < 1.29 is 4.79 Å². The van der Waals surface area contributed by atoms with Gasteiger partial charge < -0.3 is 10.6 Å². The van der Waals surface area contributed by atoms with Crippen molar-refractivity contribution >= 4 is 51.4 Å². The fraction of sp³-hybridized carbons (Fsp3) is 0.154. The van der Waals surface area contributed by atoms with Crippen molar-refractivity contribution in [1.29, 1.82) is 0 Å². The molecule has 0 fully saturated rings. The maximum absolute atomic E-state index is 11.8. The Balaban J connectivity index is 1.79. The van der Waals surface area contributed by atoms with E-state index >= 15 is 0 Å². The first-order chi connectivity index (χ1) is 10.2. The van der Waals surface area contributed by atoms with Gasteiger partial charge in [-0.3, -0.25) is 4.79 Å². The van der Waals surface area contributed by atoms with Gasteiger partial charge in [0.1, 0.15) is 0 Å². The Morgan fingerprint density at radius 2 is 2.14 bits per heavy atom. The van der Waals surface area contributed by atoms with Gasteiger partial charge in [-0.2, -0.15) is 0 Å². The molecule has 1 amide bonds. The molecule has 0 bridgehead atoms. The molecule has 0 saturated heterocycles. The van der Waals surface area contributed by atoms with Gasteiger partial charge in [-0.1, -0.05) is 40.8 Å². The summed E-state index contributed by atoms with van der Waals surface area (Å²) in [5.41, 5.74) is 0.718. The van der Waals surface area contributed by atoms with Crippen LogP contribution in [0.3, 0.4) is 0 Å². The third-order valence-corrected chi connectivity index (χ3v) is 4.53. The van der Waals surface area contributed by atoms with E-state index in [0.29, 0.717) is 11.6 Å². The number of rotatable bonds is 7. The van der Waals surface area contributed by atoms with Gasteiger partial charge in [-0.25, -0.2) is 0 Å². The predicted molar refractivity (Wildman–Crippen MR) is 89.4 cm³/mol. The average molecular weight is 341 g/mol. The predicted octanol–water partition coefficient (Wildman–Crippen LogP) is 3.52. The molecular formula is C13H13ClN4OS2. The van der Waals surface area contributed by atoms with E-state index < -0.39 is 0 Å². The maximum atomic E-state index is 11.8. The number of nitrogens with zero attached hydrogens (tertiary/aromatic N) is 2. The average Bonchev–Trinajstić information content (AvgIpc) is 2.93. The molecule has 0 spiro atoms. The standard InChI is InChI=1S/C13H13ClN4OS2/c1-2-7-15-12-17-18-13(21-12)20-8-11(19)16-10-5-3-9(14)4-6-10/h2-6H,1,7-8H2,(H,15,17)(H,16,19). The van der Waals surface area contributed by atoms with Gasteiger partial charge in [-0.15, -0.1) is 16.8 Å². The van der Waals surface area contributed by atoms with Crippen LogP contribution in [0.5, 0.6) is 0 Å². The number of thioether (sulfide) groups is 1. The number of aromatic nitrogens is 2. The Bertz CT molecular complexity index is 615. The fourth-order valence-electron chi connectivity index (χ4n) is 1.36. The van der Waals surface area contributed by atoms with E-state index in [1.54, 1.807) is 30.3 Å². The Labute approximate surface area is 135 Å². The number of carbonyl (C=O) groups excluding carboxylic acids is 1. The van der Waals surface area contributed by atoms with E-state index in [9.17, 15) is 4.79 Å². The zero-order chi connectivity index (χ0) is 15.1. The molecular weight excluding hydrogens is 328 g/mol. The molecule has 21 heavy (non-hydrogen) atoms. The van der Waals surface area contributed by atoms with Crippen molar-refractivity contribution in [2.75, 3.05) is 22.9 Å². The van der Waals surface area contributed by atoms with Crippen LogP contribution in [0, 0.1) is 0 Å². The van der Waals surface area contributed by atoms with Crippen LogP contribution in [-0.2, 0) is 4.79 Å². The van der Waals surface area contributed by atoms with Crippen LogP contribution in [0.4, 0.5) is 10.8 Å². The minimum atomic E-state index is -0.0990. The lowest BCUT2D eigenvalue weighted by atomic mass is 10.3. The van der Waals surface area contributed by atoms with Gasteiger partial charge >= 0.3 is 0 Å². The van der Waals surface area contributed by atoms with Gasteiger partial charge in [0.25, 0.3) is 0 Å². The molecule has 2 aromatic rings. The lowest BCUT2D eigenvalue weighted by molar-refractivity contribution is -0.113. The van der Waals surface area contributed by atoms with Crippen molar-refractivity contribution in [2.45, 2.75) is 4.34 Å². The summed E-state index contributed by atoms with van der Waals surface area (Å²) in [6.07, 6.45) is 1.74. The van der Waals surface area contributed by atoms with Crippen LogP contribution in [0.1, 0.15) is 0 Å². The third-order valence-electron chi connectivity index (χ3n) is 2.26. The summed E-state index contributed by atoms with van der Waals surface area (Å²) >= 11 is 8.54. The zero-order valence-electron chi connectivity index (χ0n) is 11.0. The molecule has 0 aliphatic heterocycles. The Hall–Kier alpha value is -1.57. The molecule has 8 heteroatoms. The SMILES string of the molecule is C=CCNc1nnc(SCC(=O)Nc2ccc(Cl)cc2)s1. The molecule has 110 valence electrons. The summed E-state index contributed by atoms with van der Waals surface area (Å²) in [5, 5.41) is 15.2. The number of anilines is 2. The van der Waals surface area contributed by atoms with Crippen LogP contribution < -0.4 is 10.6 Å². The molecule has 2 rings (SSSR count). The highest BCUT2D eigenvalue weighted by Crippen LogP contribution is 2.25. The quantitative estimate of drug-likeness (QED) is 0.596. The second-order valence-electron chi connectivity index (χ2n) is 3.89. The summed E-state index contributed by atoms with van der Waals surface area (Å²) in [6, 6.07) is 6.97. The van der Waals surface area contributed by atoms with Crippen molar-refractivity contribution in [2.24, 2.45) is 0 Å². The first-order valence-electron chi connectivity index (χ1n) is 6.04. The first kappa shape index (κ1) is 15.8. The van der Waals surface area contributed by atoms with E-state index in [1.165, 1.54) is 23.1 Å². The molecule has 0 aliphatic rings. The van der Waals surface area contributed by atoms with Gasteiger partial charge in [0, 0.05) is 17.3 Å². The van der Waals surface area contributed by atoms with E-state index in [-0.39, 0.29) is 11.7 Å². The minimum absolute atomic E-state index is 0.0990. The van der Waals surface area contributed by atoms with Crippen LogP contribution in [0.2, 0.25) is 5.02 Å². The summed E-state index contributed by atoms with van der Waals surface area (Å²) in [7, 11) is 0. The highest BCUT2D eigenvalue weighted by atomic mass is 35.5. The van der Waals surface area contributed by atoms with Crippen molar-refractivity contribution in [3.8, 4) is 0 Å². The first-order valence-corrected chi connectivity index (χ1v) is 8.22. The second-order valence-corrected chi connectivity index (χ2v) is 6.52. The maximum Gasteiger partial charge on any atom is 0.234 e. The zero-order valence-corrected chi connectivity index (χ0v) is 13.4. The van der Waals surface area contributed by atoms with Crippen LogP contribution in [0.25, 0.3) is 0 Å². The summed E-state index contributed by atoms with van der Waals surface area (Å²) in [5.74, 6) is 0.178. The Kier molecular flexibility index (Phi) is 6.04. The van der Waals surface area contributed by atoms with E-state index in [2.05, 4.69) is 27.4 Å². The van der Waals surface area contributed by atoms with E-state index in [1.807, 2.05) is 0 Å². The van der Waals surface area contributed by atoms with E-state index in [0.717, 1.165) is 15.2 Å². The van der Waals surface area contributed by atoms with Crippen molar-refractivity contribution in [3.05, 3.63) is 41.9 Å². The van der Waals surface area contributed by atoms with Crippen molar-refractivity contribution in [1.82, 2.24) is 10.2 Å². The number of benzene rings is 1. The monoisotopic (exact) mass is 340 g/mol. The Morgan fingerprint density at radius 1 is 1.38 bits per heavy atom. The largest absolute Gasteiger partial charge is 0.357 e. The normalized spacial score (nSPS) is 10.1. The lowest BCUT2D eigenvalue weighted by Crippen LogP contribution is -2.13. The molecule has 1 heterocycles. The van der Waals surface area contributed by atoms with Crippen molar-refractivity contribution in [3.63, 3.8) is 0 Å².